The van der Waals surface area contributed by atoms with Crippen molar-refractivity contribution in [1.29, 1.82) is 0 Å². The highest BCUT2D eigenvalue weighted by Crippen LogP contribution is 2.28. The number of nitrogens with zero attached hydrogens (tertiary/aromatic N) is 2. The third-order valence-corrected chi connectivity index (χ3v) is 7.50. The van der Waals surface area contributed by atoms with Gasteiger partial charge < -0.3 is 16.0 Å². The molecular formula is C25H33ClN4OS. The van der Waals surface area contributed by atoms with Crippen molar-refractivity contribution >= 4 is 45.3 Å². The predicted molar refractivity (Wildman–Crippen MR) is 137 cm³/mol. The fourth-order valence-electron chi connectivity index (χ4n) is 4.07. The lowest BCUT2D eigenvalue weighted by Gasteiger charge is -2.26. The highest BCUT2D eigenvalue weighted by molar-refractivity contribution is 7.14. The van der Waals surface area contributed by atoms with E-state index in [1.807, 2.05) is 24.3 Å². The average molecular weight is 473 g/mol. The van der Waals surface area contributed by atoms with Crippen LogP contribution in [0.25, 0.3) is 10.8 Å². The molecule has 0 atom stereocenters. The van der Waals surface area contributed by atoms with Crippen molar-refractivity contribution in [2.45, 2.75) is 46.1 Å². The number of likely N-dealkylation sites (tertiary alicyclic amines) is 1. The molecule has 172 valence electrons. The monoisotopic (exact) mass is 472 g/mol. The number of anilines is 1. The maximum atomic E-state index is 12.7. The summed E-state index contributed by atoms with van der Waals surface area (Å²) in [5, 5.41) is 6.16. The summed E-state index contributed by atoms with van der Waals surface area (Å²) in [5.41, 5.74) is 7.04. The van der Waals surface area contributed by atoms with Crippen molar-refractivity contribution in [2.75, 3.05) is 31.9 Å². The molecule has 0 bridgehead atoms. The van der Waals surface area contributed by atoms with Crippen molar-refractivity contribution in [3.63, 3.8) is 0 Å². The summed E-state index contributed by atoms with van der Waals surface area (Å²) in [6.45, 7) is 5.15. The third-order valence-electron chi connectivity index (χ3n) is 5.87. The molecule has 3 aromatic rings. The summed E-state index contributed by atoms with van der Waals surface area (Å²) >= 11 is 7.91. The first-order chi connectivity index (χ1) is 15.1. The molecule has 5 nitrogen and oxygen atoms in total. The molecule has 32 heavy (non-hydrogen) atoms. The zero-order valence-corrected chi connectivity index (χ0v) is 19.3. The quantitative estimate of drug-likeness (QED) is 0.315. The van der Waals surface area contributed by atoms with Crippen molar-refractivity contribution in [3.8, 4) is 0 Å². The van der Waals surface area contributed by atoms with Crippen LogP contribution in [0.2, 0.25) is 5.02 Å². The first-order valence-electron chi connectivity index (χ1n) is 11.0. The van der Waals surface area contributed by atoms with Gasteiger partial charge in [0.15, 0.2) is 5.78 Å². The second kappa shape index (κ2) is 11.8. The summed E-state index contributed by atoms with van der Waals surface area (Å²) in [4.78, 5) is 21.1. The van der Waals surface area contributed by atoms with Crippen LogP contribution in [0.5, 0.6) is 0 Å². The number of hydrogen-bond donors (Lipinski definition) is 2. The number of carbonyl (C=O) groups is 1. The van der Waals surface area contributed by atoms with Gasteiger partial charge in [0, 0.05) is 42.5 Å². The van der Waals surface area contributed by atoms with Crippen LogP contribution in [-0.4, -0.2) is 41.8 Å². The lowest BCUT2D eigenvalue weighted by molar-refractivity contribution is 0.0986. The fraction of sp³-hybridized carbons (Fsp3) is 0.440. The zero-order chi connectivity index (χ0) is 21.6. The standard InChI is InChI=1S/C24H29ClN4OS.CH4/c25-20-15-22(31-23(20)16-27-10-13-29-11-2-1-3-12-29)21(30)7-5-17-4-6-19-18(14-17)8-9-28-24(19)26;/h4,6,8-9,14-15,27H,1-3,5,7,10-13,16H2,(H2,26,28);1H4. The smallest absolute Gasteiger partial charge is 0.173 e. The molecule has 0 spiro atoms. The number of nitrogens with one attached hydrogen (secondary N) is 1. The van der Waals surface area contributed by atoms with E-state index >= 15 is 0 Å². The molecule has 0 radical (unpaired) electrons. The summed E-state index contributed by atoms with van der Waals surface area (Å²) in [5.74, 6) is 0.672. The van der Waals surface area contributed by atoms with Gasteiger partial charge in [-0.05, 0) is 55.4 Å². The Labute approximate surface area is 200 Å². The van der Waals surface area contributed by atoms with Gasteiger partial charge >= 0.3 is 0 Å². The highest BCUT2D eigenvalue weighted by atomic mass is 35.5. The second-order valence-electron chi connectivity index (χ2n) is 8.14. The second-order valence-corrected chi connectivity index (χ2v) is 9.68. The van der Waals surface area contributed by atoms with Crippen LogP contribution in [-0.2, 0) is 13.0 Å². The Kier molecular flexibility index (Phi) is 9.05. The number of piperidine rings is 1. The van der Waals surface area contributed by atoms with Gasteiger partial charge in [-0.15, -0.1) is 11.3 Å². The van der Waals surface area contributed by atoms with Crippen molar-refractivity contribution in [3.05, 3.63) is 56.9 Å². The highest BCUT2D eigenvalue weighted by Gasteiger charge is 2.14. The fourth-order valence-corrected chi connectivity index (χ4v) is 5.42. The van der Waals surface area contributed by atoms with Crippen LogP contribution >= 0.6 is 22.9 Å². The number of nitrogen functional groups attached to an aromatic ring is 1. The Morgan fingerprint density at radius 1 is 1.19 bits per heavy atom. The van der Waals surface area contributed by atoms with Gasteiger partial charge in [0.2, 0.25) is 0 Å². The number of halogens is 1. The maximum Gasteiger partial charge on any atom is 0.173 e. The number of ketones is 1. The molecule has 0 saturated carbocycles. The number of rotatable bonds is 9. The normalized spacial score (nSPS) is 14.4. The Morgan fingerprint density at radius 3 is 2.81 bits per heavy atom. The predicted octanol–water partition coefficient (Wildman–Crippen LogP) is 5.56. The minimum Gasteiger partial charge on any atom is -0.383 e. The molecular weight excluding hydrogens is 440 g/mol. The summed E-state index contributed by atoms with van der Waals surface area (Å²) < 4.78 is 0. The van der Waals surface area contributed by atoms with Gasteiger partial charge in [-0.25, -0.2) is 4.98 Å². The van der Waals surface area contributed by atoms with Crippen LogP contribution in [0.3, 0.4) is 0 Å². The molecule has 1 aromatic carbocycles. The molecule has 1 aliphatic rings. The number of aryl methyl sites for hydroxylation is 1. The van der Waals surface area contributed by atoms with E-state index in [4.69, 9.17) is 17.3 Å². The number of aromatic nitrogens is 1. The van der Waals surface area contributed by atoms with Crippen molar-refractivity contribution in [1.82, 2.24) is 15.2 Å². The van der Waals surface area contributed by atoms with Gasteiger partial charge in [0.05, 0.1) is 9.90 Å². The topological polar surface area (TPSA) is 71.2 Å². The van der Waals surface area contributed by atoms with Crippen molar-refractivity contribution < 1.29 is 4.79 Å². The molecule has 1 aliphatic heterocycles. The number of benzene rings is 1. The van der Waals surface area contributed by atoms with E-state index in [-0.39, 0.29) is 13.2 Å². The Morgan fingerprint density at radius 2 is 2.00 bits per heavy atom. The van der Waals surface area contributed by atoms with Gasteiger partial charge in [-0.3, -0.25) is 4.79 Å². The van der Waals surface area contributed by atoms with Crippen LogP contribution in [0.4, 0.5) is 5.82 Å². The van der Waals surface area contributed by atoms with Gasteiger partial charge in [-0.2, -0.15) is 0 Å². The van der Waals surface area contributed by atoms with Crippen LogP contribution < -0.4 is 11.1 Å². The summed E-state index contributed by atoms with van der Waals surface area (Å²) in [6, 6.07) is 9.85. The van der Waals surface area contributed by atoms with E-state index in [2.05, 4.69) is 21.3 Å². The summed E-state index contributed by atoms with van der Waals surface area (Å²) in [7, 11) is 0. The number of thiophene rings is 1. The Hall–Kier alpha value is -1.99. The number of hydrogen-bond acceptors (Lipinski definition) is 6. The molecule has 4 rings (SSSR count). The minimum absolute atomic E-state index is 0. The summed E-state index contributed by atoms with van der Waals surface area (Å²) in [6.07, 6.45) is 6.85. The molecule has 3 N–H and O–H groups in total. The number of nitrogens with two attached hydrogens (primary N) is 1. The first-order valence-corrected chi connectivity index (χ1v) is 12.2. The molecule has 0 aliphatic carbocycles. The minimum atomic E-state index is 0. The SMILES string of the molecule is C.Nc1nccc2cc(CCC(=O)c3cc(Cl)c(CNCCN4CCCCC4)s3)ccc12. The largest absolute Gasteiger partial charge is 0.383 e. The van der Waals surface area contributed by atoms with Crippen LogP contribution in [0, 0.1) is 0 Å². The van der Waals surface area contributed by atoms with Crippen LogP contribution in [0.1, 0.15) is 53.2 Å². The van der Waals surface area contributed by atoms with E-state index in [1.165, 1.54) is 43.7 Å². The lowest BCUT2D eigenvalue weighted by atomic mass is 10.0. The number of carbonyl (C=O) groups excluding carboxylic acids is 1. The molecule has 0 amide bonds. The Bertz CT molecular complexity index is 1050. The van der Waals surface area contributed by atoms with Crippen molar-refractivity contribution in [2.24, 2.45) is 0 Å². The van der Waals surface area contributed by atoms with Gasteiger partial charge in [0.25, 0.3) is 0 Å². The van der Waals surface area contributed by atoms with E-state index in [9.17, 15) is 4.79 Å². The molecule has 1 fully saturated rings. The van der Waals surface area contributed by atoms with E-state index < -0.39 is 0 Å². The first kappa shape index (κ1) is 24.6. The molecule has 0 unspecified atom stereocenters. The lowest BCUT2D eigenvalue weighted by Crippen LogP contribution is -2.35. The molecule has 2 aromatic heterocycles. The Balaban J connectivity index is 0.00000289. The van der Waals surface area contributed by atoms with Gasteiger partial charge in [0.1, 0.15) is 5.82 Å². The molecule has 1 saturated heterocycles. The van der Waals surface area contributed by atoms with E-state index in [1.54, 1.807) is 6.20 Å². The van der Waals surface area contributed by atoms with E-state index in [0.29, 0.717) is 30.2 Å². The molecule has 3 heterocycles. The maximum absolute atomic E-state index is 12.7. The number of Topliss-reactive ketones (excluding diaryl/α,β-unsaturated/α-hetero) is 1. The van der Waals surface area contributed by atoms with Crippen LogP contribution in [0.15, 0.2) is 36.5 Å². The van der Waals surface area contributed by atoms with E-state index in [0.717, 1.165) is 39.2 Å². The zero-order valence-electron chi connectivity index (χ0n) is 17.7. The number of pyridine rings is 1. The third kappa shape index (κ3) is 6.29. The molecule has 7 heteroatoms. The average Bonchev–Trinajstić information content (AvgIpc) is 3.16. The number of fused-ring (bicyclic) bond motifs is 1. The van der Waals surface area contributed by atoms with Gasteiger partial charge in [-0.1, -0.05) is 43.6 Å².